The Balaban J connectivity index is 2.41. The van der Waals surface area contributed by atoms with Crippen molar-refractivity contribution in [2.75, 3.05) is 10.7 Å². The molecule has 2 heterocycles. The second-order valence-electron chi connectivity index (χ2n) is 3.44. The molecule has 0 aliphatic heterocycles. The number of rotatable bonds is 4. The van der Waals surface area contributed by atoms with E-state index in [0.717, 1.165) is 11.3 Å². The van der Waals surface area contributed by atoms with Gasteiger partial charge in [-0.2, -0.15) is 0 Å². The van der Waals surface area contributed by atoms with Crippen molar-refractivity contribution in [2.24, 2.45) is 5.84 Å². The van der Waals surface area contributed by atoms with Gasteiger partial charge < -0.3 is 5.73 Å². The number of hydrazine groups is 1. The van der Waals surface area contributed by atoms with Gasteiger partial charge in [0.15, 0.2) is 0 Å². The monoisotopic (exact) mass is 259 g/mol. The second kappa shape index (κ2) is 5.44. The Hall–Kier alpha value is -2.18. The minimum absolute atomic E-state index is 0.440. The molecule has 0 aliphatic carbocycles. The number of aromatic nitrogens is 2. The summed E-state index contributed by atoms with van der Waals surface area (Å²) in [5.74, 6) is 6.50. The lowest BCUT2D eigenvalue weighted by Crippen LogP contribution is -2.28. The average Bonchev–Trinajstić information content (AvgIpc) is 2.89. The average molecular weight is 259 g/mol. The zero-order valence-electron chi connectivity index (χ0n) is 9.65. The molecule has 0 fully saturated rings. The van der Waals surface area contributed by atoms with Crippen LogP contribution in [0, 0.1) is 0 Å². The largest absolute Gasteiger partial charge is 0.384 e. The summed E-state index contributed by atoms with van der Waals surface area (Å²) in [6.45, 7) is 3.69. The zero-order valence-corrected chi connectivity index (χ0v) is 10.5. The van der Waals surface area contributed by atoms with Crippen molar-refractivity contribution >= 4 is 28.0 Å². The number of nitrogens with two attached hydrogens (primary N) is 2. The number of hydrogen-bond donors (Lipinski definition) is 2. The Labute approximate surface area is 109 Å². The van der Waals surface area contributed by atoms with Gasteiger partial charge in [-0.1, -0.05) is 12.7 Å². The van der Waals surface area contributed by atoms with E-state index < -0.39 is 0 Å². The molecule has 0 atom stereocenters. The van der Waals surface area contributed by atoms with Crippen molar-refractivity contribution < 1.29 is 0 Å². The first kappa shape index (κ1) is 12.3. The Bertz CT molecular complexity index is 562. The molecule has 2 aromatic rings. The fourth-order valence-electron chi connectivity index (χ4n) is 1.47. The number of nitrogens with zero attached hydrogens (tertiary/aromatic N) is 3. The second-order valence-corrected chi connectivity index (χ2v) is 4.31. The van der Waals surface area contributed by atoms with Gasteiger partial charge in [0.1, 0.15) is 5.82 Å². The van der Waals surface area contributed by atoms with Crippen LogP contribution in [0.2, 0.25) is 0 Å². The fourth-order valence-corrected chi connectivity index (χ4v) is 2.05. The molecular weight excluding hydrogens is 246 g/mol. The molecule has 2 aromatic heterocycles. The third-order valence-electron chi connectivity index (χ3n) is 2.24. The quantitative estimate of drug-likeness (QED) is 0.499. The summed E-state index contributed by atoms with van der Waals surface area (Å²) in [7, 11) is 0. The lowest BCUT2D eigenvalue weighted by atomic mass is 10.2. The van der Waals surface area contributed by atoms with Crippen LogP contribution in [0.4, 0.5) is 10.9 Å². The number of hydrogen-bond acceptors (Lipinski definition) is 6. The predicted molar refractivity (Wildman–Crippen MR) is 75.6 cm³/mol. The van der Waals surface area contributed by atoms with Crippen LogP contribution < -0.4 is 16.6 Å². The zero-order chi connectivity index (χ0) is 13.0. The Morgan fingerprint density at radius 2 is 2.22 bits per heavy atom. The SMILES string of the molecule is C=C/C=C(/c1ccnc(N)c1)N(N)c1nccs1. The highest BCUT2D eigenvalue weighted by molar-refractivity contribution is 7.13. The first-order chi connectivity index (χ1) is 8.72. The standard InChI is InChI=1S/C12H13N5S/c1-2-3-10(9-4-5-15-11(13)8-9)17(14)12-16-6-7-18-12/h2-8H,1,14H2,(H2,13,15)/b10-3-. The van der Waals surface area contributed by atoms with Gasteiger partial charge in [0.25, 0.3) is 0 Å². The van der Waals surface area contributed by atoms with E-state index in [2.05, 4.69) is 16.5 Å². The van der Waals surface area contributed by atoms with Crippen molar-refractivity contribution in [3.05, 3.63) is 54.2 Å². The lowest BCUT2D eigenvalue weighted by Gasteiger charge is -2.19. The number of allylic oxidation sites excluding steroid dienone is 2. The molecular formula is C12H13N5S. The molecule has 0 amide bonds. The summed E-state index contributed by atoms with van der Waals surface area (Å²) in [5.41, 5.74) is 7.29. The van der Waals surface area contributed by atoms with Gasteiger partial charge in [0, 0.05) is 23.3 Å². The number of anilines is 2. The highest BCUT2D eigenvalue weighted by Crippen LogP contribution is 2.25. The maximum Gasteiger partial charge on any atom is 0.204 e. The molecule has 0 saturated heterocycles. The molecule has 0 radical (unpaired) electrons. The highest BCUT2D eigenvalue weighted by atomic mass is 32.1. The molecule has 0 aliphatic rings. The van der Waals surface area contributed by atoms with Crippen LogP contribution in [0.5, 0.6) is 0 Å². The number of nitrogen functional groups attached to an aromatic ring is 1. The van der Waals surface area contributed by atoms with E-state index in [9.17, 15) is 0 Å². The minimum Gasteiger partial charge on any atom is -0.384 e. The molecule has 18 heavy (non-hydrogen) atoms. The third kappa shape index (κ3) is 2.55. The van der Waals surface area contributed by atoms with E-state index in [4.69, 9.17) is 11.6 Å². The normalized spacial score (nSPS) is 11.3. The van der Waals surface area contributed by atoms with Crippen LogP contribution in [-0.4, -0.2) is 9.97 Å². The fraction of sp³-hybridized carbons (Fsp3) is 0. The summed E-state index contributed by atoms with van der Waals surface area (Å²) in [6, 6.07) is 3.59. The van der Waals surface area contributed by atoms with Gasteiger partial charge in [-0.05, 0) is 18.2 Å². The van der Waals surface area contributed by atoms with E-state index >= 15 is 0 Å². The van der Waals surface area contributed by atoms with Crippen LogP contribution >= 0.6 is 11.3 Å². The van der Waals surface area contributed by atoms with E-state index in [0.29, 0.717) is 10.9 Å². The van der Waals surface area contributed by atoms with Crippen molar-refractivity contribution in [1.29, 1.82) is 0 Å². The first-order valence-electron chi connectivity index (χ1n) is 5.21. The highest BCUT2D eigenvalue weighted by Gasteiger charge is 2.12. The molecule has 4 N–H and O–H groups in total. The molecule has 0 saturated carbocycles. The van der Waals surface area contributed by atoms with Crippen LogP contribution in [0.1, 0.15) is 5.56 Å². The summed E-state index contributed by atoms with van der Waals surface area (Å²) in [4.78, 5) is 8.12. The van der Waals surface area contributed by atoms with Gasteiger partial charge in [0.2, 0.25) is 5.13 Å². The Kier molecular flexibility index (Phi) is 3.71. The maximum atomic E-state index is 6.06. The maximum absolute atomic E-state index is 6.06. The summed E-state index contributed by atoms with van der Waals surface area (Å²) in [5, 5.41) is 4.06. The van der Waals surface area contributed by atoms with E-state index in [1.807, 2.05) is 11.4 Å². The molecule has 0 unspecified atom stereocenters. The lowest BCUT2D eigenvalue weighted by molar-refractivity contribution is 1.07. The predicted octanol–water partition coefficient (Wildman–Crippen LogP) is 2.03. The smallest absolute Gasteiger partial charge is 0.204 e. The molecule has 5 nitrogen and oxygen atoms in total. The van der Waals surface area contributed by atoms with Crippen LogP contribution in [0.3, 0.4) is 0 Å². The van der Waals surface area contributed by atoms with Crippen molar-refractivity contribution in [1.82, 2.24) is 9.97 Å². The van der Waals surface area contributed by atoms with E-state index in [1.165, 1.54) is 16.3 Å². The molecule has 6 heteroatoms. The summed E-state index contributed by atoms with van der Waals surface area (Å²) < 4.78 is 0. The van der Waals surface area contributed by atoms with Gasteiger partial charge in [-0.3, -0.25) is 5.01 Å². The summed E-state index contributed by atoms with van der Waals surface area (Å²) >= 11 is 1.45. The van der Waals surface area contributed by atoms with Crippen LogP contribution in [0.15, 0.2) is 48.6 Å². The van der Waals surface area contributed by atoms with Gasteiger partial charge in [-0.15, -0.1) is 11.3 Å². The van der Waals surface area contributed by atoms with Crippen molar-refractivity contribution in [3.8, 4) is 0 Å². The topological polar surface area (TPSA) is 81.1 Å². The number of thiazole rings is 1. The van der Waals surface area contributed by atoms with Crippen molar-refractivity contribution in [2.45, 2.75) is 0 Å². The van der Waals surface area contributed by atoms with E-state index in [-0.39, 0.29) is 0 Å². The van der Waals surface area contributed by atoms with Crippen LogP contribution in [-0.2, 0) is 0 Å². The van der Waals surface area contributed by atoms with Gasteiger partial charge >= 0.3 is 0 Å². The van der Waals surface area contributed by atoms with Crippen LogP contribution in [0.25, 0.3) is 5.70 Å². The molecule has 0 bridgehead atoms. The summed E-state index contributed by atoms with van der Waals surface area (Å²) in [6.07, 6.45) is 6.80. The van der Waals surface area contributed by atoms with E-state index in [1.54, 1.807) is 30.6 Å². The first-order valence-corrected chi connectivity index (χ1v) is 6.09. The molecule has 0 spiro atoms. The van der Waals surface area contributed by atoms with Gasteiger partial charge in [-0.25, -0.2) is 15.8 Å². The van der Waals surface area contributed by atoms with Gasteiger partial charge in [0.05, 0.1) is 5.70 Å². The molecule has 92 valence electrons. The Morgan fingerprint density at radius 1 is 1.39 bits per heavy atom. The molecule has 0 aromatic carbocycles. The Morgan fingerprint density at radius 3 is 2.83 bits per heavy atom. The number of pyridine rings is 1. The minimum atomic E-state index is 0.440. The third-order valence-corrected chi connectivity index (χ3v) is 3.01. The molecule has 2 rings (SSSR count). The van der Waals surface area contributed by atoms with Crippen molar-refractivity contribution in [3.63, 3.8) is 0 Å².